The Bertz CT molecular complexity index is 858. The Kier molecular flexibility index (Phi) is 6.15. The number of rotatable bonds is 4. The predicted molar refractivity (Wildman–Crippen MR) is 99.0 cm³/mol. The Morgan fingerprint density at radius 1 is 1.15 bits per heavy atom. The normalized spacial score (nSPS) is 11.2. The summed E-state index contributed by atoms with van der Waals surface area (Å²) in [4.78, 5) is 25.3. The molecule has 0 saturated carbocycles. The molecule has 0 saturated heterocycles. The van der Waals surface area contributed by atoms with Gasteiger partial charge in [0.25, 0.3) is 0 Å². The largest absolute Gasteiger partial charge is 0.416 e. The van der Waals surface area contributed by atoms with E-state index in [1.54, 1.807) is 13.0 Å². The Labute approximate surface area is 159 Å². The SMILES string of the molecule is CC(=O)N(CC(=O)Nc1c(C)cc(C)cc1Cl)c1cccc(C(F)(F)F)c1. The number of anilines is 2. The van der Waals surface area contributed by atoms with E-state index in [2.05, 4.69) is 5.32 Å². The summed E-state index contributed by atoms with van der Waals surface area (Å²) >= 11 is 6.15. The molecular weight excluding hydrogens is 381 g/mol. The van der Waals surface area contributed by atoms with Crippen LogP contribution in [-0.2, 0) is 15.8 Å². The number of hydrogen-bond acceptors (Lipinski definition) is 2. The quantitative estimate of drug-likeness (QED) is 0.790. The molecule has 0 aliphatic rings. The number of carbonyl (C=O) groups excluding carboxylic acids is 2. The Balaban J connectivity index is 2.25. The van der Waals surface area contributed by atoms with E-state index in [9.17, 15) is 22.8 Å². The van der Waals surface area contributed by atoms with Crippen LogP contribution in [0.15, 0.2) is 36.4 Å². The fourth-order valence-electron chi connectivity index (χ4n) is 2.63. The molecule has 8 heteroatoms. The van der Waals surface area contributed by atoms with Gasteiger partial charge in [0.15, 0.2) is 0 Å². The molecule has 27 heavy (non-hydrogen) atoms. The minimum atomic E-state index is -4.55. The van der Waals surface area contributed by atoms with Gasteiger partial charge < -0.3 is 10.2 Å². The zero-order chi connectivity index (χ0) is 20.4. The van der Waals surface area contributed by atoms with Crippen LogP contribution < -0.4 is 10.2 Å². The van der Waals surface area contributed by atoms with Gasteiger partial charge >= 0.3 is 6.18 Å². The molecule has 0 spiro atoms. The highest BCUT2D eigenvalue weighted by Crippen LogP contribution is 2.32. The lowest BCUT2D eigenvalue weighted by Crippen LogP contribution is -2.37. The molecule has 0 bridgehead atoms. The van der Waals surface area contributed by atoms with E-state index >= 15 is 0 Å². The van der Waals surface area contributed by atoms with Crippen LogP contribution in [-0.4, -0.2) is 18.4 Å². The Morgan fingerprint density at radius 3 is 2.37 bits per heavy atom. The molecule has 0 unspecified atom stereocenters. The van der Waals surface area contributed by atoms with E-state index in [0.29, 0.717) is 10.7 Å². The van der Waals surface area contributed by atoms with Gasteiger partial charge in [-0.2, -0.15) is 13.2 Å². The molecular formula is C19H18ClF3N2O2. The van der Waals surface area contributed by atoms with Crippen LogP contribution in [0.2, 0.25) is 5.02 Å². The van der Waals surface area contributed by atoms with Gasteiger partial charge in [-0.3, -0.25) is 9.59 Å². The van der Waals surface area contributed by atoms with Crippen LogP contribution >= 0.6 is 11.6 Å². The summed E-state index contributed by atoms with van der Waals surface area (Å²) in [6.07, 6.45) is -4.55. The topological polar surface area (TPSA) is 49.4 Å². The maximum absolute atomic E-state index is 12.9. The van der Waals surface area contributed by atoms with Crippen molar-refractivity contribution in [2.24, 2.45) is 0 Å². The maximum atomic E-state index is 12.9. The first-order valence-corrected chi connectivity index (χ1v) is 8.39. The van der Waals surface area contributed by atoms with Gasteiger partial charge in [-0.15, -0.1) is 0 Å². The Hall–Kier alpha value is -2.54. The third kappa shape index (κ3) is 5.23. The van der Waals surface area contributed by atoms with Crippen molar-refractivity contribution in [1.29, 1.82) is 0 Å². The van der Waals surface area contributed by atoms with Crippen molar-refractivity contribution >= 4 is 34.8 Å². The molecule has 0 fully saturated rings. The van der Waals surface area contributed by atoms with Crippen LogP contribution in [0.4, 0.5) is 24.5 Å². The van der Waals surface area contributed by atoms with Crippen molar-refractivity contribution in [2.45, 2.75) is 26.9 Å². The van der Waals surface area contributed by atoms with Crippen LogP contribution in [0.3, 0.4) is 0 Å². The van der Waals surface area contributed by atoms with Crippen LogP contribution in [0.5, 0.6) is 0 Å². The molecule has 0 aliphatic heterocycles. The molecule has 0 heterocycles. The van der Waals surface area contributed by atoms with E-state index in [4.69, 9.17) is 11.6 Å². The zero-order valence-corrected chi connectivity index (χ0v) is 15.7. The summed E-state index contributed by atoms with van der Waals surface area (Å²) in [5.41, 5.74) is 1.15. The third-order valence-electron chi connectivity index (χ3n) is 3.86. The Morgan fingerprint density at radius 2 is 1.81 bits per heavy atom. The number of halogens is 4. The van der Waals surface area contributed by atoms with Gasteiger partial charge in [-0.1, -0.05) is 23.7 Å². The van der Waals surface area contributed by atoms with Gasteiger partial charge in [0.05, 0.1) is 16.3 Å². The number of amides is 2. The average molecular weight is 399 g/mol. The van der Waals surface area contributed by atoms with E-state index in [0.717, 1.165) is 28.2 Å². The lowest BCUT2D eigenvalue weighted by atomic mass is 10.1. The molecule has 0 radical (unpaired) electrons. The second-order valence-corrected chi connectivity index (χ2v) is 6.55. The third-order valence-corrected chi connectivity index (χ3v) is 4.16. The van der Waals surface area contributed by atoms with Gasteiger partial charge in [0.1, 0.15) is 6.54 Å². The highest BCUT2D eigenvalue weighted by Gasteiger charge is 2.31. The second-order valence-electron chi connectivity index (χ2n) is 6.14. The van der Waals surface area contributed by atoms with Gasteiger partial charge in [0.2, 0.25) is 11.8 Å². The highest BCUT2D eigenvalue weighted by atomic mass is 35.5. The first kappa shape index (κ1) is 20.8. The number of alkyl halides is 3. The number of carbonyl (C=O) groups is 2. The maximum Gasteiger partial charge on any atom is 0.416 e. The minimum absolute atomic E-state index is 0.0146. The average Bonchev–Trinajstić information content (AvgIpc) is 2.55. The zero-order valence-electron chi connectivity index (χ0n) is 14.9. The van der Waals surface area contributed by atoms with Crippen molar-refractivity contribution < 1.29 is 22.8 Å². The number of hydrogen-bond donors (Lipinski definition) is 1. The molecule has 4 nitrogen and oxygen atoms in total. The van der Waals surface area contributed by atoms with E-state index in [1.165, 1.54) is 19.1 Å². The molecule has 2 rings (SSSR count). The van der Waals surface area contributed by atoms with Gasteiger partial charge in [-0.05, 0) is 49.2 Å². The number of nitrogens with zero attached hydrogens (tertiary/aromatic N) is 1. The van der Waals surface area contributed by atoms with Crippen molar-refractivity contribution in [3.05, 3.63) is 58.1 Å². The first-order valence-electron chi connectivity index (χ1n) is 8.01. The first-order chi connectivity index (χ1) is 12.5. The molecule has 144 valence electrons. The van der Waals surface area contributed by atoms with Crippen molar-refractivity contribution in [3.63, 3.8) is 0 Å². The highest BCUT2D eigenvalue weighted by molar-refractivity contribution is 6.34. The van der Waals surface area contributed by atoms with Crippen molar-refractivity contribution in [1.82, 2.24) is 0 Å². The number of benzene rings is 2. The second kappa shape index (κ2) is 8.00. The smallest absolute Gasteiger partial charge is 0.323 e. The molecule has 1 N–H and O–H groups in total. The fraction of sp³-hybridized carbons (Fsp3) is 0.263. The summed E-state index contributed by atoms with van der Waals surface area (Å²) in [5, 5.41) is 2.96. The lowest BCUT2D eigenvalue weighted by molar-refractivity contribution is -0.137. The van der Waals surface area contributed by atoms with Crippen LogP contribution in [0.1, 0.15) is 23.6 Å². The van der Waals surface area contributed by atoms with E-state index in [-0.39, 0.29) is 5.69 Å². The van der Waals surface area contributed by atoms with Gasteiger partial charge in [0, 0.05) is 12.6 Å². The monoisotopic (exact) mass is 398 g/mol. The number of aryl methyl sites for hydroxylation is 2. The molecule has 2 aromatic carbocycles. The van der Waals surface area contributed by atoms with Crippen molar-refractivity contribution in [3.8, 4) is 0 Å². The lowest BCUT2D eigenvalue weighted by Gasteiger charge is -2.22. The van der Waals surface area contributed by atoms with Crippen LogP contribution in [0.25, 0.3) is 0 Å². The van der Waals surface area contributed by atoms with Crippen LogP contribution in [0, 0.1) is 13.8 Å². The van der Waals surface area contributed by atoms with Crippen molar-refractivity contribution in [2.75, 3.05) is 16.8 Å². The fourth-order valence-corrected chi connectivity index (χ4v) is 3.00. The molecule has 0 atom stereocenters. The summed E-state index contributed by atoms with van der Waals surface area (Å²) in [5.74, 6) is -1.13. The standard InChI is InChI=1S/C19H18ClF3N2O2/c1-11-7-12(2)18(16(20)8-11)24-17(27)10-25(13(3)26)15-6-4-5-14(9-15)19(21,22)23/h4-9H,10H2,1-3H3,(H,24,27). The summed E-state index contributed by atoms with van der Waals surface area (Å²) in [6, 6.07) is 7.77. The summed E-state index contributed by atoms with van der Waals surface area (Å²) in [6.45, 7) is 4.36. The molecule has 2 amide bonds. The number of nitrogens with one attached hydrogen (secondary N) is 1. The van der Waals surface area contributed by atoms with E-state index < -0.39 is 30.1 Å². The molecule has 2 aromatic rings. The summed E-state index contributed by atoms with van der Waals surface area (Å²) in [7, 11) is 0. The van der Waals surface area contributed by atoms with Gasteiger partial charge in [-0.25, -0.2) is 0 Å². The minimum Gasteiger partial charge on any atom is -0.323 e. The molecule has 0 aliphatic carbocycles. The predicted octanol–water partition coefficient (Wildman–Crippen LogP) is 4.97. The van der Waals surface area contributed by atoms with E-state index in [1.807, 2.05) is 13.0 Å². The molecule has 0 aromatic heterocycles. The summed E-state index contributed by atoms with van der Waals surface area (Å²) < 4.78 is 38.7.